The Morgan fingerprint density at radius 1 is 1.14 bits per heavy atom. The smallest absolute Gasteiger partial charge is 0.175 e. The lowest BCUT2D eigenvalue weighted by Gasteiger charge is -2.10. The molecular formula is C15H16ClNO2S2. The minimum atomic E-state index is -3.16. The first-order valence-corrected chi connectivity index (χ1v) is 9.40. The van der Waals surface area contributed by atoms with E-state index >= 15 is 0 Å². The number of benzene rings is 2. The third-order valence-electron chi connectivity index (χ3n) is 2.88. The van der Waals surface area contributed by atoms with Gasteiger partial charge in [-0.2, -0.15) is 0 Å². The fraction of sp³-hybridized carbons (Fsp3) is 0.200. The molecule has 6 heteroatoms. The minimum absolute atomic E-state index is 0.327. The molecule has 0 spiro atoms. The Bertz CT molecular complexity index is 728. The Balaban J connectivity index is 2.27. The van der Waals surface area contributed by atoms with Crippen LogP contribution < -0.4 is 5.32 Å². The van der Waals surface area contributed by atoms with Crippen LogP contribution in [0.15, 0.2) is 57.2 Å². The minimum Gasteiger partial charge on any atom is -0.316 e. The van der Waals surface area contributed by atoms with E-state index in [0.29, 0.717) is 9.92 Å². The van der Waals surface area contributed by atoms with Crippen LogP contribution in [0.25, 0.3) is 0 Å². The maximum atomic E-state index is 11.5. The second-order valence-electron chi connectivity index (χ2n) is 4.63. The van der Waals surface area contributed by atoms with E-state index in [1.54, 1.807) is 23.9 Å². The number of sulfone groups is 1. The van der Waals surface area contributed by atoms with Gasteiger partial charge in [0.1, 0.15) is 0 Å². The summed E-state index contributed by atoms with van der Waals surface area (Å²) in [5.74, 6) is 0. The fourth-order valence-corrected chi connectivity index (χ4v) is 3.69. The van der Waals surface area contributed by atoms with Crippen molar-refractivity contribution in [3.05, 3.63) is 53.1 Å². The molecule has 0 amide bonds. The predicted octanol–water partition coefficient (Wildman–Crippen LogP) is 3.61. The van der Waals surface area contributed by atoms with Gasteiger partial charge in [0.25, 0.3) is 0 Å². The molecule has 0 aliphatic carbocycles. The molecule has 0 atom stereocenters. The van der Waals surface area contributed by atoms with Gasteiger partial charge in [0.2, 0.25) is 0 Å². The van der Waals surface area contributed by atoms with Crippen molar-refractivity contribution in [2.45, 2.75) is 21.2 Å². The Hall–Kier alpha value is -1.01. The number of hydrogen-bond donors (Lipinski definition) is 1. The molecule has 0 radical (unpaired) electrons. The van der Waals surface area contributed by atoms with Crippen LogP contribution in [-0.2, 0) is 16.4 Å². The molecule has 2 aromatic carbocycles. The first-order chi connectivity index (χ1) is 9.90. The van der Waals surface area contributed by atoms with Gasteiger partial charge in [-0.05, 0) is 49.0 Å². The average Bonchev–Trinajstić information content (AvgIpc) is 2.42. The zero-order valence-corrected chi connectivity index (χ0v) is 14.1. The number of rotatable bonds is 5. The van der Waals surface area contributed by atoms with Gasteiger partial charge in [-0.25, -0.2) is 8.42 Å². The normalized spacial score (nSPS) is 11.6. The second-order valence-corrected chi connectivity index (χ2v) is 8.20. The van der Waals surface area contributed by atoms with Gasteiger partial charge in [0.15, 0.2) is 9.84 Å². The first-order valence-electron chi connectivity index (χ1n) is 6.31. The van der Waals surface area contributed by atoms with Crippen molar-refractivity contribution >= 4 is 33.2 Å². The molecule has 0 unspecified atom stereocenters. The van der Waals surface area contributed by atoms with Gasteiger partial charge in [0.05, 0.1) is 4.90 Å². The van der Waals surface area contributed by atoms with E-state index in [-0.39, 0.29) is 0 Å². The molecule has 0 fully saturated rings. The summed E-state index contributed by atoms with van der Waals surface area (Å²) in [7, 11) is -1.26. The van der Waals surface area contributed by atoms with E-state index in [1.807, 2.05) is 37.4 Å². The van der Waals surface area contributed by atoms with Crippen molar-refractivity contribution in [2.75, 3.05) is 13.3 Å². The summed E-state index contributed by atoms with van der Waals surface area (Å²) >= 11 is 7.62. The summed E-state index contributed by atoms with van der Waals surface area (Å²) in [6, 6.07) is 12.6. The highest BCUT2D eigenvalue weighted by Gasteiger charge is 2.08. The molecule has 0 aliphatic rings. The summed E-state index contributed by atoms with van der Waals surface area (Å²) in [6.45, 7) is 0.751. The van der Waals surface area contributed by atoms with E-state index in [1.165, 1.54) is 6.26 Å². The monoisotopic (exact) mass is 341 g/mol. The van der Waals surface area contributed by atoms with E-state index in [0.717, 1.165) is 21.9 Å². The van der Waals surface area contributed by atoms with Gasteiger partial charge in [-0.1, -0.05) is 29.4 Å². The topological polar surface area (TPSA) is 46.2 Å². The zero-order valence-electron chi connectivity index (χ0n) is 11.8. The van der Waals surface area contributed by atoms with Crippen molar-refractivity contribution in [3.63, 3.8) is 0 Å². The zero-order chi connectivity index (χ0) is 15.5. The molecular weight excluding hydrogens is 326 g/mol. The molecule has 0 saturated carbocycles. The number of nitrogens with one attached hydrogen (secondary N) is 1. The Labute approximate surface area is 134 Å². The standard InChI is InChI=1S/C15H16ClNO2S2/c1-17-10-11-3-4-12(16)9-15(11)20-13-5-7-14(8-6-13)21(2,18)19/h3-9,17H,10H2,1-2H3. The molecule has 2 rings (SSSR count). The third-order valence-corrected chi connectivity index (χ3v) is 5.35. The quantitative estimate of drug-likeness (QED) is 0.902. The van der Waals surface area contributed by atoms with Crippen LogP contribution in [0.1, 0.15) is 5.56 Å². The van der Waals surface area contributed by atoms with Crippen LogP contribution in [0.2, 0.25) is 5.02 Å². The summed E-state index contributed by atoms with van der Waals surface area (Å²) in [5, 5.41) is 3.81. The maximum absolute atomic E-state index is 11.5. The van der Waals surface area contributed by atoms with Gasteiger partial charge >= 0.3 is 0 Å². The Kier molecular flexibility index (Phi) is 5.32. The highest BCUT2D eigenvalue weighted by molar-refractivity contribution is 7.99. The van der Waals surface area contributed by atoms with Crippen LogP contribution in [0.3, 0.4) is 0 Å². The number of hydrogen-bond acceptors (Lipinski definition) is 4. The maximum Gasteiger partial charge on any atom is 0.175 e. The van der Waals surface area contributed by atoms with Crippen LogP contribution in [-0.4, -0.2) is 21.7 Å². The average molecular weight is 342 g/mol. The van der Waals surface area contributed by atoms with Crippen molar-refractivity contribution in [2.24, 2.45) is 0 Å². The summed E-state index contributed by atoms with van der Waals surface area (Å²) in [5.41, 5.74) is 1.15. The summed E-state index contributed by atoms with van der Waals surface area (Å²) < 4.78 is 22.9. The van der Waals surface area contributed by atoms with Gasteiger partial charge in [-0.3, -0.25) is 0 Å². The van der Waals surface area contributed by atoms with Crippen LogP contribution in [0.5, 0.6) is 0 Å². The molecule has 112 valence electrons. The van der Waals surface area contributed by atoms with Gasteiger partial charge in [0, 0.05) is 27.6 Å². The van der Waals surface area contributed by atoms with Crippen molar-refractivity contribution in [1.82, 2.24) is 5.32 Å². The SMILES string of the molecule is CNCc1ccc(Cl)cc1Sc1ccc(S(C)(=O)=O)cc1. The van der Waals surface area contributed by atoms with Gasteiger partial charge < -0.3 is 5.32 Å². The van der Waals surface area contributed by atoms with Crippen LogP contribution in [0, 0.1) is 0 Å². The lowest BCUT2D eigenvalue weighted by molar-refractivity contribution is 0.602. The fourth-order valence-electron chi connectivity index (χ4n) is 1.84. The molecule has 0 aliphatic heterocycles. The van der Waals surface area contributed by atoms with E-state index in [4.69, 9.17) is 11.6 Å². The molecule has 0 heterocycles. The highest BCUT2D eigenvalue weighted by atomic mass is 35.5. The van der Waals surface area contributed by atoms with Crippen LogP contribution in [0.4, 0.5) is 0 Å². The summed E-state index contributed by atoms with van der Waals surface area (Å²) in [4.78, 5) is 2.36. The molecule has 2 aromatic rings. The second kappa shape index (κ2) is 6.83. The lowest BCUT2D eigenvalue weighted by Crippen LogP contribution is -2.06. The van der Waals surface area contributed by atoms with E-state index in [9.17, 15) is 8.42 Å². The highest BCUT2D eigenvalue weighted by Crippen LogP contribution is 2.33. The molecule has 0 saturated heterocycles. The van der Waals surface area contributed by atoms with Crippen molar-refractivity contribution in [3.8, 4) is 0 Å². The van der Waals surface area contributed by atoms with Gasteiger partial charge in [-0.15, -0.1) is 0 Å². The summed E-state index contributed by atoms with van der Waals surface area (Å²) in [6.07, 6.45) is 1.21. The lowest BCUT2D eigenvalue weighted by atomic mass is 10.2. The molecule has 0 bridgehead atoms. The first kappa shape index (κ1) is 16.4. The largest absolute Gasteiger partial charge is 0.316 e. The van der Waals surface area contributed by atoms with Crippen LogP contribution >= 0.6 is 23.4 Å². The molecule has 3 nitrogen and oxygen atoms in total. The number of halogens is 1. The van der Waals surface area contributed by atoms with Crippen molar-refractivity contribution < 1.29 is 8.42 Å². The van der Waals surface area contributed by atoms with Crippen molar-refractivity contribution in [1.29, 1.82) is 0 Å². The third kappa shape index (κ3) is 4.48. The van der Waals surface area contributed by atoms with E-state index < -0.39 is 9.84 Å². The predicted molar refractivity (Wildman–Crippen MR) is 87.9 cm³/mol. The van der Waals surface area contributed by atoms with E-state index in [2.05, 4.69) is 5.32 Å². The molecule has 1 N–H and O–H groups in total. The molecule has 21 heavy (non-hydrogen) atoms. The molecule has 0 aromatic heterocycles. The Morgan fingerprint density at radius 2 is 1.81 bits per heavy atom. The Morgan fingerprint density at radius 3 is 2.38 bits per heavy atom.